The van der Waals surface area contributed by atoms with Crippen LogP contribution in [0.25, 0.3) is 0 Å². The van der Waals surface area contributed by atoms with Crippen molar-refractivity contribution in [3.05, 3.63) is 41.2 Å². The molecule has 0 radical (unpaired) electrons. The molecule has 0 spiro atoms. The van der Waals surface area contributed by atoms with Crippen molar-refractivity contribution in [2.45, 2.75) is 26.0 Å². The van der Waals surface area contributed by atoms with Gasteiger partial charge < -0.3 is 9.84 Å². The lowest BCUT2D eigenvalue weighted by atomic mass is 10.3. The lowest BCUT2D eigenvalue weighted by Crippen LogP contribution is -2.02. The van der Waals surface area contributed by atoms with Gasteiger partial charge in [0.2, 0.25) is 0 Å². The van der Waals surface area contributed by atoms with Crippen LogP contribution in [0.2, 0.25) is 5.02 Å². The first-order valence-electron chi connectivity index (χ1n) is 6.16. The van der Waals surface area contributed by atoms with Crippen molar-refractivity contribution in [2.75, 3.05) is 6.61 Å². The number of aliphatic hydroxyl groups excluding tert-OH is 1. The lowest BCUT2D eigenvalue weighted by Gasteiger charge is -2.05. The maximum Gasteiger partial charge on any atom is 0.119 e. The minimum Gasteiger partial charge on any atom is -0.494 e. The highest BCUT2D eigenvalue weighted by Gasteiger charge is 1.99. The first-order chi connectivity index (χ1) is 9.28. The maximum absolute atomic E-state index is 8.86. The molecule has 0 atom stereocenters. The number of halogens is 1. The molecule has 0 unspecified atom stereocenters. The Morgan fingerprint density at radius 3 is 2.68 bits per heavy atom. The highest BCUT2D eigenvalue weighted by molar-refractivity contribution is 6.30. The van der Waals surface area contributed by atoms with E-state index in [2.05, 4.69) is 10.3 Å². The van der Waals surface area contributed by atoms with Crippen LogP contribution >= 0.6 is 11.6 Å². The zero-order valence-electron chi connectivity index (χ0n) is 10.5. The van der Waals surface area contributed by atoms with Crippen molar-refractivity contribution in [2.24, 2.45) is 0 Å². The number of aliphatic hydroxyl groups is 1. The minimum atomic E-state index is -0.0698. The van der Waals surface area contributed by atoms with E-state index in [-0.39, 0.29) is 6.61 Å². The minimum absolute atomic E-state index is 0.0698. The van der Waals surface area contributed by atoms with E-state index in [1.165, 1.54) is 0 Å². The van der Waals surface area contributed by atoms with Crippen molar-refractivity contribution in [1.29, 1.82) is 0 Å². The molecule has 0 aliphatic carbocycles. The van der Waals surface area contributed by atoms with Crippen molar-refractivity contribution < 1.29 is 9.84 Å². The molecule has 0 aliphatic heterocycles. The highest BCUT2D eigenvalue weighted by atomic mass is 35.5. The average molecular weight is 282 g/mol. The van der Waals surface area contributed by atoms with Crippen LogP contribution in [0.3, 0.4) is 0 Å². The first kappa shape index (κ1) is 13.8. The topological polar surface area (TPSA) is 60.2 Å². The standard InChI is InChI=1S/C13H16ClN3O2/c14-11-3-5-13(6-4-11)19-8-2-1-7-17-9-12(10-18)15-16-17/h3-6,9,18H,1-2,7-8,10H2. The van der Waals surface area contributed by atoms with Crippen LogP contribution in [0.15, 0.2) is 30.5 Å². The smallest absolute Gasteiger partial charge is 0.119 e. The van der Waals surface area contributed by atoms with Gasteiger partial charge in [-0.1, -0.05) is 16.8 Å². The molecule has 1 N–H and O–H groups in total. The summed E-state index contributed by atoms with van der Waals surface area (Å²) in [5, 5.41) is 17.3. The monoisotopic (exact) mass is 281 g/mol. The number of hydrogen-bond donors (Lipinski definition) is 1. The Hall–Kier alpha value is -1.59. The third-order valence-electron chi connectivity index (χ3n) is 2.61. The van der Waals surface area contributed by atoms with E-state index in [0.29, 0.717) is 17.3 Å². The van der Waals surface area contributed by atoms with Gasteiger partial charge in [0.15, 0.2) is 0 Å². The molecule has 1 aromatic carbocycles. The number of unbranched alkanes of at least 4 members (excludes halogenated alkanes) is 1. The van der Waals surface area contributed by atoms with Gasteiger partial charge in [-0.05, 0) is 37.1 Å². The SMILES string of the molecule is OCc1cn(CCCCOc2ccc(Cl)cc2)nn1. The summed E-state index contributed by atoms with van der Waals surface area (Å²) in [7, 11) is 0. The van der Waals surface area contributed by atoms with Crippen LogP contribution in [0, 0.1) is 0 Å². The van der Waals surface area contributed by atoms with Crippen LogP contribution in [0.1, 0.15) is 18.5 Å². The van der Waals surface area contributed by atoms with Crippen LogP contribution in [0.4, 0.5) is 0 Å². The number of ether oxygens (including phenoxy) is 1. The molecule has 2 aromatic rings. The Morgan fingerprint density at radius 2 is 2.00 bits per heavy atom. The summed E-state index contributed by atoms with van der Waals surface area (Å²) in [6.45, 7) is 1.36. The molecule has 0 saturated heterocycles. The molecule has 0 amide bonds. The normalized spacial score (nSPS) is 10.6. The van der Waals surface area contributed by atoms with Crippen molar-refractivity contribution in [1.82, 2.24) is 15.0 Å². The molecule has 6 heteroatoms. The summed E-state index contributed by atoms with van der Waals surface area (Å²) in [6, 6.07) is 7.33. The van der Waals surface area contributed by atoms with Gasteiger partial charge in [-0.15, -0.1) is 5.10 Å². The van der Waals surface area contributed by atoms with Crippen LogP contribution in [-0.2, 0) is 13.2 Å². The maximum atomic E-state index is 8.86. The number of rotatable bonds is 7. The summed E-state index contributed by atoms with van der Waals surface area (Å²) in [5.41, 5.74) is 0.595. The predicted octanol–water partition coefficient (Wildman–Crippen LogP) is 2.28. The number of nitrogens with zero attached hydrogens (tertiary/aromatic N) is 3. The van der Waals surface area contributed by atoms with Crippen LogP contribution in [0.5, 0.6) is 5.75 Å². The van der Waals surface area contributed by atoms with Gasteiger partial charge in [-0.2, -0.15) is 0 Å². The Morgan fingerprint density at radius 1 is 1.21 bits per heavy atom. The fraction of sp³-hybridized carbons (Fsp3) is 0.385. The van der Waals surface area contributed by atoms with Crippen LogP contribution < -0.4 is 4.74 Å². The van der Waals surface area contributed by atoms with Gasteiger partial charge in [0.1, 0.15) is 11.4 Å². The van der Waals surface area contributed by atoms with E-state index < -0.39 is 0 Å². The summed E-state index contributed by atoms with van der Waals surface area (Å²) in [4.78, 5) is 0. The third-order valence-corrected chi connectivity index (χ3v) is 2.86. The molecular formula is C13H16ClN3O2. The second kappa shape index (κ2) is 7.11. The second-order valence-corrected chi connectivity index (χ2v) is 4.58. The van der Waals surface area contributed by atoms with Crippen LogP contribution in [-0.4, -0.2) is 26.7 Å². The molecule has 0 aliphatic rings. The Bertz CT molecular complexity index is 499. The molecule has 0 bridgehead atoms. The molecule has 102 valence electrons. The van der Waals surface area contributed by atoms with Crippen molar-refractivity contribution in [3.63, 3.8) is 0 Å². The van der Waals surface area contributed by atoms with E-state index in [9.17, 15) is 0 Å². The summed E-state index contributed by atoms with van der Waals surface area (Å²) >= 11 is 5.79. The average Bonchev–Trinajstić information content (AvgIpc) is 2.88. The van der Waals surface area contributed by atoms with Gasteiger partial charge in [0, 0.05) is 11.6 Å². The predicted molar refractivity (Wildman–Crippen MR) is 72.1 cm³/mol. The Balaban J connectivity index is 1.63. The van der Waals surface area contributed by atoms with E-state index in [1.54, 1.807) is 10.9 Å². The zero-order chi connectivity index (χ0) is 13.5. The van der Waals surface area contributed by atoms with E-state index in [1.807, 2.05) is 24.3 Å². The lowest BCUT2D eigenvalue weighted by molar-refractivity contribution is 0.276. The number of hydrogen-bond acceptors (Lipinski definition) is 4. The van der Waals surface area contributed by atoms with Crippen molar-refractivity contribution in [3.8, 4) is 5.75 Å². The quantitative estimate of drug-likeness (QED) is 0.791. The highest BCUT2D eigenvalue weighted by Crippen LogP contribution is 2.15. The zero-order valence-corrected chi connectivity index (χ0v) is 11.3. The Labute approximate surface area is 116 Å². The van der Waals surface area contributed by atoms with Gasteiger partial charge in [-0.25, -0.2) is 0 Å². The van der Waals surface area contributed by atoms with E-state index in [4.69, 9.17) is 21.4 Å². The third kappa shape index (κ3) is 4.54. The van der Waals surface area contributed by atoms with Crippen molar-refractivity contribution >= 4 is 11.6 Å². The van der Waals surface area contributed by atoms with E-state index in [0.717, 1.165) is 25.1 Å². The molecule has 5 nitrogen and oxygen atoms in total. The number of aryl methyl sites for hydroxylation is 1. The van der Waals surface area contributed by atoms with E-state index >= 15 is 0 Å². The molecule has 19 heavy (non-hydrogen) atoms. The number of benzene rings is 1. The molecular weight excluding hydrogens is 266 g/mol. The largest absolute Gasteiger partial charge is 0.494 e. The second-order valence-electron chi connectivity index (χ2n) is 4.14. The number of aromatic nitrogens is 3. The fourth-order valence-corrected chi connectivity index (χ4v) is 1.74. The first-order valence-corrected chi connectivity index (χ1v) is 6.54. The van der Waals surface area contributed by atoms with Gasteiger partial charge >= 0.3 is 0 Å². The molecule has 0 saturated carbocycles. The summed E-state index contributed by atoms with van der Waals surface area (Å²) < 4.78 is 7.31. The fourth-order valence-electron chi connectivity index (χ4n) is 1.62. The summed E-state index contributed by atoms with van der Waals surface area (Å²) in [5.74, 6) is 0.827. The molecule has 2 rings (SSSR count). The van der Waals surface area contributed by atoms with Gasteiger partial charge in [0.25, 0.3) is 0 Å². The molecule has 1 heterocycles. The Kier molecular flexibility index (Phi) is 5.18. The van der Waals surface area contributed by atoms with Gasteiger partial charge in [0.05, 0.1) is 19.4 Å². The van der Waals surface area contributed by atoms with Gasteiger partial charge in [-0.3, -0.25) is 4.68 Å². The molecule has 0 fully saturated rings. The summed E-state index contributed by atoms with van der Waals surface area (Å²) in [6.07, 6.45) is 3.62. The molecule has 1 aromatic heterocycles.